The van der Waals surface area contributed by atoms with Crippen LogP contribution in [-0.2, 0) is 6.54 Å². The normalized spacial score (nSPS) is 10.9. The topological polar surface area (TPSA) is 29.9 Å². The van der Waals surface area contributed by atoms with Crippen LogP contribution in [0.1, 0.15) is 19.4 Å². The van der Waals surface area contributed by atoms with E-state index in [1.54, 1.807) is 6.20 Å². The molecule has 1 N–H and O–H groups in total. The van der Waals surface area contributed by atoms with Gasteiger partial charge in [-0.05, 0) is 17.7 Å². The molecule has 16 heavy (non-hydrogen) atoms. The van der Waals surface area contributed by atoms with Crippen molar-refractivity contribution in [1.82, 2.24) is 15.1 Å². The van der Waals surface area contributed by atoms with Gasteiger partial charge in [0, 0.05) is 25.0 Å². The summed E-state index contributed by atoms with van der Waals surface area (Å²) in [6.45, 7) is 5.17. The van der Waals surface area contributed by atoms with Crippen molar-refractivity contribution >= 4 is 0 Å². The fourth-order valence-corrected chi connectivity index (χ4v) is 1.61. The first-order valence-electron chi connectivity index (χ1n) is 5.58. The Balaban J connectivity index is 2.24. The van der Waals surface area contributed by atoms with E-state index in [4.69, 9.17) is 0 Å². The van der Waals surface area contributed by atoms with Crippen molar-refractivity contribution in [1.29, 1.82) is 0 Å². The fourth-order valence-electron chi connectivity index (χ4n) is 1.61. The first-order chi connectivity index (χ1) is 7.77. The lowest BCUT2D eigenvalue weighted by Crippen LogP contribution is -2.22. The van der Waals surface area contributed by atoms with Crippen molar-refractivity contribution in [3.05, 3.63) is 48.3 Å². The van der Waals surface area contributed by atoms with Gasteiger partial charge in [0.05, 0.1) is 5.69 Å². The van der Waals surface area contributed by atoms with Crippen LogP contribution in [0.15, 0.2) is 42.7 Å². The van der Waals surface area contributed by atoms with Crippen molar-refractivity contribution in [2.45, 2.75) is 26.4 Å². The third-order valence-electron chi connectivity index (χ3n) is 2.44. The second kappa shape index (κ2) is 4.94. The molecule has 0 atom stereocenters. The van der Waals surface area contributed by atoms with Crippen LogP contribution in [0.25, 0.3) is 5.69 Å². The first kappa shape index (κ1) is 10.9. The van der Waals surface area contributed by atoms with Gasteiger partial charge in [0.2, 0.25) is 0 Å². The van der Waals surface area contributed by atoms with E-state index in [-0.39, 0.29) is 0 Å². The smallest absolute Gasteiger partial charge is 0.0690 e. The maximum Gasteiger partial charge on any atom is 0.0690 e. The Hall–Kier alpha value is -1.61. The molecule has 0 saturated heterocycles. The molecule has 2 rings (SSSR count). The van der Waals surface area contributed by atoms with Crippen molar-refractivity contribution in [2.24, 2.45) is 0 Å². The lowest BCUT2D eigenvalue weighted by molar-refractivity contribution is 0.586. The first-order valence-corrected chi connectivity index (χ1v) is 5.58. The Morgan fingerprint density at radius 2 is 2.06 bits per heavy atom. The molecule has 1 aromatic carbocycles. The highest BCUT2D eigenvalue weighted by atomic mass is 15.3. The van der Waals surface area contributed by atoms with Crippen LogP contribution in [0.4, 0.5) is 0 Å². The molecule has 3 nitrogen and oxygen atoms in total. The summed E-state index contributed by atoms with van der Waals surface area (Å²) < 4.78 is 1.90. The van der Waals surface area contributed by atoms with Crippen molar-refractivity contribution < 1.29 is 0 Å². The summed E-state index contributed by atoms with van der Waals surface area (Å²) in [5.74, 6) is 0. The number of rotatable bonds is 4. The molecular formula is C13H17N3. The summed E-state index contributed by atoms with van der Waals surface area (Å²) >= 11 is 0. The molecule has 0 fully saturated rings. The number of hydrogen-bond acceptors (Lipinski definition) is 2. The highest BCUT2D eigenvalue weighted by molar-refractivity contribution is 5.40. The van der Waals surface area contributed by atoms with E-state index >= 15 is 0 Å². The molecule has 84 valence electrons. The lowest BCUT2D eigenvalue weighted by atomic mass is 10.1. The molecule has 0 saturated carbocycles. The van der Waals surface area contributed by atoms with Gasteiger partial charge >= 0.3 is 0 Å². The van der Waals surface area contributed by atoms with E-state index in [0.29, 0.717) is 6.04 Å². The van der Waals surface area contributed by atoms with Gasteiger partial charge in [-0.25, -0.2) is 4.68 Å². The summed E-state index contributed by atoms with van der Waals surface area (Å²) in [5, 5.41) is 7.69. The molecule has 0 radical (unpaired) electrons. The van der Waals surface area contributed by atoms with Gasteiger partial charge in [-0.15, -0.1) is 0 Å². The number of benzene rings is 1. The standard InChI is InChI=1S/C13H17N3/c1-11(2)14-10-12-6-3-4-7-13(12)16-9-5-8-15-16/h3-9,11,14H,10H2,1-2H3. The van der Waals surface area contributed by atoms with Gasteiger partial charge in [-0.1, -0.05) is 32.0 Å². The number of aromatic nitrogens is 2. The zero-order chi connectivity index (χ0) is 11.4. The minimum atomic E-state index is 0.491. The van der Waals surface area contributed by atoms with Crippen molar-refractivity contribution in [3.8, 4) is 5.69 Å². The second-order valence-corrected chi connectivity index (χ2v) is 4.11. The predicted octanol–water partition coefficient (Wildman–Crippen LogP) is 2.37. The Kier molecular flexibility index (Phi) is 3.37. The van der Waals surface area contributed by atoms with Crippen LogP contribution in [0, 0.1) is 0 Å². The molecule has 1 heterocycles. The van der Waals surface area contributed by atoms with Crippen LogP contribution < -0.4 is 5.32 Å². The second-order valence-electron chi connectivity index (χ2n) is 4.11. The number of nitrogens with one attached hydrogen (secondary N) is 1. The van der Waals surface area contributed by atoms with Gasteiger partial charge in [-0.2, -0.15) is 5.10 Å². The molecule has 0 spiro atoms. The fraction of sp³-hybridized carbons (Fsp3) is 0.308. The van der Waals surface area contributed by atoms with Gasteiger partial charge in [0.15, 0.2) is 0 Å². The number of hydrogen-bond donors (Lipinski definition) is 1. The van der Waals surface area contributed by atoms with Crippen LogP contribution in [0.5, 0.6) is 0 Å². The zero-order valence-corrected chi connectivity index (χ0v) is 9.72. The highest BCUT2D eigenvalue weighted by Crippen LogP contribution is 2.13. The molecule has 1 aromatic heterocycles. The Bertz CT molecular complexity index is 432. The van der Waals surface area contributed by atoms with Gasteiger partial charge in [0.25, 0.3) is 0 Å². The van der Waals surface area contributed by atoms with Crippen molar-refractivity contribution in [2.75, 3.05) is 0 Å². The molecule has 0 aliphatic rings. The van der Waals surface area contributed by atoms with E-state index < -0.39 is 0 Å². The number of para-hydroxylation sites is 1. The molecule has 3 heteroatoms. The van der Waals surface area contributed by atoms with E-state index in [1.165, 1.54) is 5.56 Å². The van der Waals surface area contributed by atoms with E-state index in [9.17, 15) is 0 Å². The van der Waals surface area contributed by atoms with Crippen LogP contribution >= 0.6 is 0 Å². The Morgan fingerprint density at radius 3 is 2.75 bits per heavy atom. The maximum atomic E-state index is 4.26. The van der Waals surface area contributed by atoms with E-state index in [1.807, 2.05) is 23.0 Å². The molecule has 0 amide bonds. The molecule has 0 bridgehead atoms. The quantitative estimate of drug-likeness (QED) is 0.848. The maximum absolute atomic E-state index is 4.26. The van der Waals surface area contributed by atoms with E-state index in [0.717, 1.165) is 12.2 Å². The molecule has 2 aromatic rings. The largest absolute Gasteiger partial charge is 0.310 e. The molecule has 0 unspecified atom stereocenters. The summed E-state index contributed by atoms with van der Waals surface area (Å²) in [4.78, 5) is 0. The summed E-state index contributed by atoms with van der Waals surface area (Å²) in [5.41, 5.74) is 2.40. The van der Waals surface area contributed by atoms with Crippen molar-refractivity contribution in [3.63, 3.8) is 0 Å². The molecule has 0 aliphatic heterocycles. The van der Waals surface area contributed by atoms with Crippen LogP contribution in [0.3, 0.4) is 0 Å². The van der Waals surface area contributed by atoms with Gasteiger partial charge < -0.3 is 5.32 Å². The highest BCUT2D eigenvalue weighted by Gasteiger charge is 2.03. The monoisotopic (exact) mass is 215 g/mol. The third kappa shape index (κ3) is 2.49. The minimum Gasteiger partial charge on any atom is -0.310 e. The average molecular weight is 215 g/mol. The minimum absolute atomic E-state index is 0.491. The third-order valence-corrected chi connectivity index (χ3v) is 2.44. The predicted molar refractivity (Wildman–Crippen MR) is 65.5 cm³/mol. The van der Waals surface area contributed by atoms with Gasteiger partial charge in [0.1, 0.15) is 0 Å². The lowest BCUT2D eigenvalue weighted by Gasteiger charge is -2.12. The summed E-state index contributed by atoms with van der Waals surface area (Å²) in [7, 11) is 0. The van der Waals surface area contributed by atoms with Crippen LogP contribution in [0.2, 0.25) is 0 Å². The summed E-state index contributed by atoms with van der Waals surface area (Å²) in [6, 6.07) is 10.7. The Labute approximate surface area is 96.1 Å². The van der Waals surface area contributed by atoms with Crippen LogP contribution in [-0.4, -0.2) is 15.8 Å². The summed E-state index contributed by atoms with van der Waals surface area (Å²) in [6.07, 6.45) is 3.76. The number of nitrogens with zero attached hydrogens (tertiary/aromatic N) is 2. The average Bonchev–Trinajstić information content (AvgIpc) is 2.80. The Morgan fingerprint density at radius 1 is 1.25 bits per heavy atom. The zero-order valence-electron chi connectivity index (χ0n) is 9.72. The van der Waals surface area contributed by atoms with Gasteiger partial charge in [-0.3, -0.25) is 0 Å². The van der Waals surface area contributed by atoms with E-state index in [2.05, 4.69) is 42.5 Å². The molecular weight excluding hydrogens is 198 g/mol. The SMILES string of the molecule is CC(C)NCc1ccccc1-n1cccn1. The molecule has 0 aliphatic carbocycles.